The fourth-order valence-corrected chi connectivity index (χ4v) is 4.69. The quantitative estimate of drug-likeness (QED) is 0.623. The molecule has 2 aliphatic heterocycles. The van der Waals surface area contributed by atoms with Crippen LogP contribution >= 0.6 is 0 Å². The van der Waals surface area contributed by atoms with Crippen molar-refractivity contribution < 1.29 is 9.59 Å². The van der Waals surface area contributed by atoms with E-state index in [0.29, 0.717) is 13.0 Å². The molecule has 2 aromatic rings. The van der Waals surface area contributed by atoms with Crippen molar-refractivity contribution >= 4 is 11.8 Å². The van der Waals surface area contributed by atoms with E-state index in [0.717, 1.165) is 71.7 Å². The van der Waals surface area contributed by atoms with Gasteiger partial charge >= 0.3 is 0 Å². The maximum absolute atomic E-state index is 12.8. The van der Waals surface area contributed by atoms with Crippen LogP contribution in [0, 0.1) is 0 Å². The Morgan fingerprint density at radius 1 is 0.606 bits per heavy atom. The predicted molar refractivity (Wildman–Crippen MR) is 131 cm³/mol. The first-order valence-electron chi connectivity index (χ1n) is 12.3. The zero-order chi connectivity index (χ0) is 22.9. The maximum Gasteiger partial charge on any atom is 0.236 e. The SMILES string of the molecule is O=C(CCCc1ccccc1)N1CCN(CC(=O)N2CCN(Cc3ccccc3)CC2)CC1. The Bertz CT molecular complexity index is 874. The van der Waals surface area contributed by atoms with E-state index in [1.54, 1.807) is 0 Å². The lowest BCUT2D eigenvalue weighted by Crippen LogP contribution is -2.54. The molecular weight excluding hydrogens is 412 g/mol. The second-order valence-electron chi connectivity index (χ2n) is 9.14. The van der Waals surface area contributed by atoms with Gasteiger partial charge in [-0.15, -0.1) is 0 Å². The van der Waals surface area contributed by atoms with Gasteiger partial charge in [0.15, 0.2) is 0 Å². The molecule has 0 atom stereocenters. The fraction of sp³-hybridized carbons (Fsp3) is 0.481. The van der Waals surface area contributed by atoms with E-state index in [4.69, 9.17) is 0 Å². The maximum atomic E-state index is 12.8. The molecule has 6 nitrogen and oxygen atoms in total. The van der Waals surface area contributed by atoms with E-state index in [2.05, 4.69) is 46.2 Å². The summed E-state index contributed by atoms with van der Waals surface area (Å²) in [6, 6.07) is 20.8. The molecule has 0 aliphatic carbocycles. The van der Waals surface area contributed by atoms with Crippen LogP contribution in [0.25, 0.3) is 0 Å². The highest BCUT2D eigenvalue weighted by molar-refractivity contribution is 5.78. The van der Waals surface area contributed by atoms with Crippen molar-refractivity contribution in [1.29, 1.82) is 0 Å². The second kappa shape index (κ2) is 12.0. The van der Waals surface area contributed by atoms with Gasteiger partial charge in [0.25, 0.3) is 0 Å². The van der Waals surface area contributed by atoms with Crippen molar-refractivity contribution in [3.8, 4) is 0 Å². The summed E-state index contributed by atoms with van der Waals surface area (Å²) in [4.78, 5) is 33.9. The number of aryl methyl sites for hydroxylation is 1. The number of piperazine rings is 2. The summed E-state index contributed by atoms with van der Waals surface area (Å²) in [6.45, 7) is 7.87. The van der Waals surface area contributed by atoms with Crippen molar-refractivity contribution in [2.45, 2.75) is 25.8 Å². The lowest BCUT2D eigenvalue weighted by molar-refractivity contribution is -0.136. The summed E-state index contributed by atoms with van der Waals surface area (Å²) in [5.74, 6) is 0.462. The number of carbonyl (C=O) groups excluding carboxylic acids is 2. The van der Waals surface area contributed by atoms with Gasteiger partial charge in [-0.2, -0.15) is 0 Å². The summed E-state index contributed by atoms with van der Waals surface area (Å²) in [7, 11) is 0. The molecule has 2 amide bonds. The normalized spacial score (nSPS) is 17.8. The molecule has 2 saturated heterocycles. The van der Waals surface area contributed by atoms with Gasteiger partial charge in [-0.05, 0) is 24.0 Å². The number of amides is 2. The highest BCUT2D eigenvalue weighted by Gasteiger charge is 2.26. The Labute approximate surface area is 197 Å². The average molecular weight is 449 g/mol. The van der Waals surface area contributed by atoms with Crippen LogP contribution in [-0.4, -0.2) is 90.3 Å². The molecule has 6 heteroatoms. The van der Waals surface area contributed by atoms with Crippen molar-refractivity contribution in [3.63, 3.8) is 0 Å². The van der Waals surface area contributed by atoms with Crippen molar-refractivity contribution in [3.05, 3.63) is 71.8 Å². The summed E-state index contributed by atoms with van der Waals surface area (Å²) in [5.41, 5.74) is 2.61. The molecule has 0 saturated carbocycles. The Balaban J connectivity index is 1.11. The van der Waals surface area contributed by atoms with Gasteiger partial charge in [-0.1, -0.05) is 60.7 Å². The minimum atomic E-state index is 0.219. The Morgan fingerprint density at radius 2 is 1.12 bits per heavy atom. The van der Waals surface area contributed by atoms with Crippen molar-refractivity contribution in [2.24, 2.45) is 0 Å². The highest BCUT2D eigenvalue weighted by atomic mass is 16.2. The molecule has 0 bridgehead atoms. The van der Waals surface area contributed by atoms with Crippen LogP contribution < -0.4 is 0 Å². The van der Waals surface area contributed by atoms with Gasteiger partial charge in [0.2, 0.25) is 11.8 Å². The molecule has 2 heterocycles. The molecule has 0 aromatic heterocycles. The third kappa shape index (κ3) is 7.14. The van der Waals surface area contributed by atoms with E-state index >= 15 is 0 Å². The monoisotopic (exact) mass is 448 g/mol. The topological polar surface area (TPSA) is 47.1 Å². The first-order valence-corrected chi connectivity index (χ1v) is 12.3. The minimum Gasteiger partial charge on any atom is -0.340 e. The zero-order valence-electron chi connectivity index (χ0n) is 19.6. The van der Waals surface area contributed by atoms with Gasteiger partial charge in [-0.25, -0.2) is 0 Å². The first kappa shape index (κ1) is 23.5. The van der Waals surface area contributed by atoms with Crippen molar-refractivity contribution in [1.82, 2.24) is 19.6 Å². The Morgan fingerprint density at radius 3 is 1.73 bits per heavy atom. The lowest BCUT2D eigenvalue weighted by atomic mass is 10.1. The van der Waals surface area contributed by atoms with Crippen LogP contribution in [0.5, 0.6) is 0 Å². The van der Waals surface area contributed by atoms with E-state index in [-0.39, 0.29) is 11.8 Å². The van der Waals surface area contributed by atoms with E-state index in [1.165, 1.54) is 11.1 Å². The number of carbonyl (C=O) groups is 2. The van der Waals surface area contributed by atoms with Crippen LogP contribution in [0.4, 0.5) is 0 Å². The number of rotatable bonds is 8. The van der Waals surface area contributed by atoms with Crippen LogP contribution in [0.2, 0.25) is 0 Å². The van der Waals surface area contributed by atoms with Gasteiger partial charge in [0.1, 0.15) is 0 Å². The van der Waals surface area contributed by atoms with Crippen LogP contribution in [0.15, 0.2) is 60.7 Å². The standard InChI is InChI=1S/C27H36N4O2/c32-26(13-7-12-24-8-3-1-4-9-24)30-18-16-29(17-19-30)23-27(33)31-20-14-28(15-21-31)22-25-10-5-2-6-11-25/h1-6,8-11H,7,12-23H2. The molecule has 2 aliphatic rings. The Kier molecular flexibility index (Phi) is 8.50. The third-order valence-corrected chi connectivity index (χ3v) is 6.76. The number of benzene rings is 2. The second-order valence-corrected chi connectivity index (χ2v) is 9.14. The summed E-state index contributed by atoms with van der Waals surface area (Å²) in [5, 5.41) is 0. The molecule has 33 heavy (non-hydrogen) atoms. The highest BCUT2D eigenvalue weighted by Crippen LogP contribution is 2.11. The van der Waals surface area contributed by atoms with E-state index < -0.39 is 0 Å². The number of nitrogens with zero attached hydrogens (tertiary/aromatic N) is 4. The van der Waals surface area contributed by atoms with Crippen LogP contribution in [0.3, 0.4) is 0 Å². The van der Waals surface area contributed by atoms with E-state index in [9.17, 15) is 9.59 Å². The Hall–Kier alpha value is -2.70. The van der Waals surface area contributed by atoms with Crippen LogP contribution in [0.1, 0.15) is 24.0 Å². The predicted octanol–water partition coefficient (Wildman–Crippen LogP) is 2.50. The van der Waals surface area contributed by atoms with Crippen LogP contribution in [-0.2, 0) is 22.6 Å². The van der Waals surface area contributed by atoms with E-state index in [1.807, 2.05) is 34.1 Å². The molecule has 0 unspecified atom stereocenters. The molecule has 4 rings (SSSR count). The molecular formula is C27H36N4O2. The third-order valence-electron chi connectivity index (χ3n) is 6.76. The van der Waals surface area contributed by atoms with Gasteiger partial charge < -0.3 is 9.80 Å². The molecule has 0 radical (unpaired) electrons. The minimum absolute atomic E-state index is 0.219. The zero-order valence-corrected chi connectivity index (χ0v) is 19.6. The average Bonchev–Trinajstić information content (AvgIpc) is 2.86. The van der Waals surface area contributed by atoms with Gasteiger partial charge in [0.05, 0.1) is 6.54 Å². The largest absolute Gasteiger partial charge is 0.340 e. The molecule has 0 spiro atoms. The first-order chi connectivity index (χ1) is 16.2. The van der Waals surface area contributed by atoms with Gasteiger partial charge in [0, 0.05) is 65.3 Å². The number of hydrogen-bond donors (Lipinski definition) is 0. The number of hydrogen-bond acceptors (Lipinski definition) is 4. The summed E-state index contributed by atoms with van der Waals surface area (Å²) in [6.07, 6.45) is 2.43. The molecule has 176 valence electrons. The molecule has 0 N–H and O–H groups in total. The lowest BCUT2D eigenvalue weighted by Gasteiger charge is -2.38. The fourth-order valence-electron chi connectivity index (χ4n) is 4.69. The smallest absolute Gasteiger partial charge is 0.236 e. The summed E-state index contributed by atoms with van der Waals surface area (Å²) >= 11 is 0. The molecule has 2 fully saturated rings. The van der Waals surface area contributed by atoms with Gasteiger partial charge in [-0.3, -0.25) is 19.4 Å². The van der Waals surface area contributed by atoms with Crippen molar-refractivity contribution in [2.75, 3.05) is 58.9 Å². The molecule has 2 aromatic carbocycles. The summed E-state index contributed by atoms with van der Waals surface area (Å²) < 4.78 is 0.